The molecule has 106 valence electrons. The molecular formula is C17H20BrNO. The lowest BCUT2D eigenvalue weighted by Crippen LogP contribution is -2.11. The highest BCUT2D eigenvalue weighted by atomic mass is 79.9. The lowest BCUT2D eigenvalue weighted by molar-refractivity contribution is 0.481. The summed E-state index contributed by atoms with van der Waals surface area (Å²) in [5, 5.41) is 3.32. The number of rotatable bonds is 5. The molecule has 2 aromatic rings. The van der Waals surface area contributed by atoms with Gasteiger partial charge in [-0.1, -0.05) is 35.0 Å². The molecule has 0 bridgehead atoms. The third-order valence-electron chi connectivity index (χ3n) is 3.02. The average Bonchev–Trinajstić information content (AvgIpc) is 2.36. The van der Waals surface area contributed by atoms with E-state index in [-0.39, 0.29) is 0 Å². The van der Waals surface area contributed by atoms with Crippen LogP contribution in [0.1, 0.15) is 23.6 Å². The molecule has 0 saturated heterocycles. The first kappa shape index (κ1) is 15.1. The predicted molar refractivity (Wildman–Crippen MR) is 87.5 cm³/mol. The normalized spacial score (nSPS) is 10.6. The van der Waals surface area contributed by atoms with Crippen molar-refractivity contribution in [2.45, 2.75) is 27.3 Å². The maximum atomic E-state index is 5.93. The standard InChI is InChI=1S/C17H20BrNO/c1-4-19-11-14-5-6-15(10-17(14)18)20-16-8-12(2)7-13(3)9-16/h5-10,19H,4,11H2,1-3H3. The van der Waals surface area contributed by atoms with Crippen LogP contribution >= 0.6 is 15.9 Å². The van der Waals surface area contributed by atoms with Crippen LogP contribution in [0.5, 0.6) is 11.5 Å². The van der Waals surface area contributed by atoms with E-state index in [1.165, 1.54) is 16.7 Å². The maximum Gasteiger partial charge on any atom is 0.128 e. The van der Waals surface area contributed by atoms with Gasteiger partial charge in [0.15, 0.2) is 0 Å². The van der Waals surface area contributed by atoms with E-state index in [1.54, 1.807) is 0 Å². The molecule has 3 heteroatoms. The lowest BCUT2D eigenvalue weighted by Gasteiger charge is -2.10. The van der Waals surface area contributed by atoms with Crippen LogP contribution in [-0.2, 0) is 6.54 Å². The SMILES string of the molecule is CCNCc1ccc(Oc2cc(C)cc(C)c2)cc1Br. The number of aryl methyl sites for hydroxylation is 2. The number of hydrogen-bond acceptors (Lipinski definition) is 2. The monoisotopic (exact) mass is 333 g/mol. The summed E-state index contributed by atoms with van der Waals surface area (Å²) in [5.74, 6) is 1.73. The van der Waals surface area contributed by atoms with Gasteiger partial charge in [-0.2, -0.15) is 0 Å². The van der Waals surface area contributed by atoms with Crippen molar-refractivity contribution in [1.82, 2.24) is 5.32 Å². The molecule has 1 N–H and O–H groups in total. The first-order valence-electron chi connectivity index (χ1n) is 6.84. The molecular weight excluding hydrogens is 314 g/mol. The van der Waals surface area contributed by atoms with Crippen molar-refractivity contribution in [1.29, 1.82) is 0 Å². The van der Waals surface area contributed by atoms with Crippen LogP contribution in [-0.4, -0.2) is 6.54 Å². The third kappa shape index (κ3) is 4.09. The van der Waals surface area contributed by atoms with E-state index in [0.717, 1.165) is 29.1 Å². The molecule has 0 aliphatic rings. The second-order valence-electron chi connectivity index (χ2n) is 4.96. The van der Waals surface area contributed by atoms with Crippen molar-refractivity contribution in [3.05, 3.63) is 57.6 Å². The van der Waals surface area contributed by atoms with Gasteiger partial charge in [0.1, 0.15) is 11.5 Å². The molecule has 0 fully saturated rings. The molecule has 20 heavy (non-hydrogen) atoms. The summed E-state index contributed by atoms with van der Waals surface area (Å²) in [6.45, 7) is 8.09. The molecule has 2 nitrogen and oxygen atoms in total. The van der Waals surface area contributed by atoms with Crippen LogP contribution in [0.4, 0.5) is 0 Å². The van der Waals surface area contributed by atoms with E-state index in [1.807, 2.05) is 24.3 Å². The van der Waals surface area contributed by atoms with Crippen LogP contribution in [0.25, 0.3) is 0 Å². The Morgan fingerprint density at radius 2 is 1.70 bits per heavy atom. The van der Waals surface area contributed by atoms with Crippen molar-refractivity contribution in [2.24, 2.45) is 0 Å². The highest BCUT2D eigenvalue weighted by Gasteiger charge is 2.04. The number of halogens is 1. The van der Waals surface area contributed by atoms with E-state index < -0.39 is 0 Å². The number of benzene rings is 2. The van der Waals surface area contributed by atoms with Crippen LogP contribution in [0.3, 0.4) is 0 Å². The number of ether oxygens (including phenoxy) is 1. The minimum absolute atomic E-state index is 0.849. The smallest absolute Gasteiger partial charge is 0.128 e. The van der Waals surface area contributed by atoms with Gasteiger partial charge in [-0.15, -0.1) is 0 Å². The topological polar surface area (TPSA) is 21.3 Å². The Balaban J connectivity index is 2.15. The summed E-state index contributed by atoms with van der Waals surface area (Å²) in [7, 11) is 0. The van der Waals surface area contributed by atoms with Crippen molar-refractivity contribution in [2.75, 3.05) is 6.54 Å². The van der Waals surface area contributed by atoms with E-state index in [0.29, 0.717) is 0 Å². The Bertz CT molecular complexity index is 575. The average molecular weight is 334 g/mol. The molecule has 0 amide bonds. The van der Waals surface area contributed by atoms with Crippen LogP contribution in [0, 0.1) is 13.8 Å². The molecule has 0 saturated carbocycles. The lowest BCUT2D eigenvalue weighted by atomic mass is 10.1. The van der Waals surface area contributed by atoms with Crippen LogP contribution in [0.15, 0.2) is 40.9 Å². The van der Waals surface area contributed by atoms with Crippen molar-refractivity contribution in [3.8, 4) is 11.5 Å². The summed E-state index contributed by atoms with van der Waals surface area (Å²) in [6, 6.07) is 12.4. The van der Waals surface area contributed by atoms with Crippen molar-refractivity contribution in [3.63, 3.8) is 0 Å². The molecule has 0 unspecified atom stereocenters. The first-order valence-corrected chi connectivity index (χ1v) is 7.63. The molecule has 0 heterocycles. The summed E-state index contributed by atoms with van der Waals surface area (Å²) in [4.78, 5) is 0. The fourth-order valence-electron chi connectivity index (χ4n) is 2.12. The molecule has 0 radical (unpaired) electrons. The molecule has 0 aromatic heterocycles. The molecule has 0 atom stereocenters. The van der Waals surface area contributed by atoms with E-state index in [4.69, 9.17) is 4.74 Å². The van der Waals surface area contributed by atoms with Crippen LogP contribution in [0.2, 0.25) is 0 Å². The Morgan fingerprint density at radius 3 is 2.30 bits per heavy atom. The zero-order valence-corrected chi connectivity index (χ0v) is 13.8. The zero-order valence-electron chi connectivity index (χ0n) is 12.2. The summed E-state index contributed by atoms with van der Waals surface area (Å²) in [6.07, 6.45) is 0. The molecule has 0 aliphatic heterocycles. The summed E-state index contributed by atoms with van der Waals surface area (Å²) in [5.41, 5.74) is 3.66. The van der Waals surface area contributed by atoms with E-state index in [2.05, 4.69) is 54.2 Å². The summed E-state index contributed by atoms with van der Waals surface area (Å²) >= 11 is 3.60. The highest BCUT2D eigenvalue weighted by molar-refractivity contribution is 9.10. The van der Waals surface area contributed by atoms with Gasteiger partial charge in [-0.05, 0) is 61.3 Å². The fraction of sp³-hybridized carbons (Fsp3) is 0.294. The van der Waals surface area contributed by atoms with Gasteiger partial charge < -0.3 is 10.1 Å². The highest BCUT2D eigenvalue weighted by Crippen LogP contribution is 2.28. The second-order valence-corrected chi connectivity index (χ2v) is 5.81. The molecule has 0 spiro atoms. The Labute approximate surface area is 129 Å². The Kier molecular flexibility index (Phi) is 5.21. The Hall–Kier alpha value is -1.32. The molecule has 2 aromatic carbocycles. The van der Waals surface area contributed by atoms with Crippen LogP contribution < -0.4 is 10.1 Å². The largest absolute Gasteiger partial charge is 0.457 e. The zero-order chi connectivity index (χ0) is 14.5. The van der Waals surface area contributed by atoms with Gasteiger partial charge in [-0.3, -0.25) is 0 Å². The predicted octanol–water partition coefficient (Wildman–Crippen LogP) is 4.97. The van der Waals surface area contributed by atoms with Gasteiger partial charge in [0, 0.05) is 11.0 Å². The van der Waals surface area contributed by atoms with Gasteiger partial charge in [0.05, 0.1) is 0 Å². The van der Waals surface area contributed by atoms with E-state index in [9.17, 15) is 0 Å². The molecule has 0 aliphatic carbocycles. The summed E-state index contributed by atoms with van der Waals surface area (Å²) < 4.78 is 7.00. The quantitative estimate of drug-likeness (QED) is 0.834. The van der Waals surface area contributed by atoms with Crippen molar-refractivity contribution >= 4 is 15.9 Å². The number of nitrogens with one attached hydrogen (secondary N) is 1. The molecule has 2 rings (SSSR count). The van der Waals surface area contributed by atoms with Gasteiger partial charge in [0.2, 0.25) is 0 Å². The minimum Gasteiger partial charge on any atom is -0.457 e. The second kappa shape index (κ2) is 6.91. The third-order valence-corrected chi connectivity index (χ3v) is 3.76. The van der Waals surface area contributed by atoms with Crippen molar-refractivity contribution < 1.29 is 4.74 Å². The first-order chi connectivity index (χ1) is 9.58. The van der Waals surface area contributed by atoms with Gasteiger partial charge in [0.25, 0.3) is 0 Å². The van der Waals surface area contributed by atoms with Gasteiger partial charge >= 0.3 is 0 Å². The number of hydrogen-bond donors (Lipinski definition) is 1. The Morgan fingerprint density at radius 1 is 1.00 bits per heavy atom. The maximum absolute atomic E-state index is 5.93. The fourth-order valence-corrected chi connectivity index (χ4v) is 2.62. The van der Waals surface area contributed by atoms with Gasteiger partial charge in [-0.25, -0.2) is 0 Å². The minimum atomic E-state index is 0.849. The van der Waals surface area contributed by atoms with E-state index >= 15 is 0 Å².